The van der Waals surface area contributed by atoms with Gasteiger partial charge in [-0.25, -0.2) is 8.78 Å². The number of rotatable bonds is 2. The van der Waals surface area contributed by atoms with E-state index in [0.717, 1.165) is 5.56 Å². The average molecular weight is 255 g/mol. The number of hydrogen-bond donors (Lipinski definition) is 2. The van der Waals surface area contributed by atoms with Crippen molar-refractivity contribution in [2.24, 2.45) is 5.41 Å². The van der Waals surface area contributed by atoms with E-state index in [0.29, 0.717) is 5.69 Å². The zero-order valence-electron chi connectivity index (χ0n) is 10.3. The van der Waals surface area contributed by atoms with Crippen molar-refractivity contribution >= 4 is 11.6 Å². The van der Waals surface area contributed by atoms with Crippen LogP contribution in [0.25, 0.3) is 0 Å². The summed E-state index contributed by atoms with van der Waals surface area (Å²) in [6.45, 7) is 3.30. The van der Waals surface area contributed by atoms with Crippen LogP contribution >= 0.6 is 0 Å². The average Bonchev–Trinajstić information content (AvgIpc) is 2.12. The molecular formula is C13H15F2NO2. The van der Waals surface area contributed by atoms with E-state index in [1.165, 1.54) is 13.0 Å². The Morgan fingerprint density at radius 3 is 2.44 bits per heavy atom. The van der Waals surface area contributed by atoms with Gasteiger partial charge in [0.15, 0.2) is 0 Å². The first kappa shape index (κ1) is 12.8. The van der Waals surface area contributed by atoms with Crippen molar-refractivity contribution in [3.05, 3.63) is 23.8 Å². The Morgan fingerprint density at radius 1 is 1.33 bits per heavy atom. The highest BCUT2D eigenvalue weighted by Crippen LogP contribution is 2.52. The van der Waals surface area contributed by atoms with Gasteiger partial charge in [-0.05, 0) is 24.6 Å². The summed E-state index contributed by atoms with van der Waals surface area (Å²) in [7, 11) is 0. The molecule has 0 unspecified atom stereocenters. The van der Waals surface area contributed by atoms with Crippen LogP contribution in [-0.2, 0) is 4.79 Å². The van der Waals surface area contributed by atoms with Gasteiger partial charge < -0.3 is 10.4 Å². The molecule has 1 aliphatic rings. The summed E-state index contributed by atoms with van der Waals surface area (Å²) in [6, 6.07) is 4.62. The number of nitrogens with one attached hydrogen (secondary N) is 1. The predicted molar refractivity (Wildman–Crippen MR) is 63.8 cm³/mol. The van der Waals surface area contributed by atoms with E-state index in [1.54, 1.807) is 19.1 Å². The third kappa shape index (κ3) is 2.44. The first-order valence-corrected chi connectivity index (χ1v) is 5.70. The Kier molecular flexibility index (Phi) is 2.80. The third-order valence-electron chi connectivity index (χ3n) is 3.17. The first-order chi connectivity index (χ1) is 8.20. The minimum atomic E-state index is -2.74. The molecule has 1 aromatic rings. The maximum Gasteiger partial charge on any atom is 0.250 e. The Balaban J connectivity index is 2.08. The number of carbonyl (C=O) groups excluding carboxylic acids is 1. The second-order valence-electron chi connectivity index (χ2n) is 5.28. The molecule has 0 atom stereocenters. The maximum atomic E-state index is 12.8. The second kappa shape index (κ2) is 3.93. The molecule has 0 aliphatic heterocycles. The van der Waals surface area contributed by atoms with Crippen molar-refractivity contribution in [2.75, 3.05) is 5.32 Å². The highest BCUT2D eigenvalue weighted by atomic mass is 19.3. The monoisotopic (exact) mass is 255 g/mol. The maximum absolute atomic E-state index is 12.8. The molecule has 1 amide bonds. The molecule has 5 heteroatoms. The van der Waals surface area contributed by atoms with Crippen molar-refractivity contribution in [1.29, 1.82) is 0 Å². The van der Waals surface area contributed by atoms with Gasteiger partial charge in [-0.3, -0.25) is 4.79 Å². The number of aryl methyl sites for hydroxylation is 1. The Hall–Kier alpha value is -1.65. The van der Waals surface area contributed by atoms with Crippen molar-refractivity contribution < 1.29 is 18.7 Å². The number of benzene rings is 1. The van der Waals surface area contributed by atoms with Crippen LogP contribution in [0.15, 0.2) is 18.2 Å². The minimum absolute atomic E-state index is 0.0365. The highest BCUT2D eigenvalue weighted by molar-refractivity contribution is 5.96. The van der Waals surface area contributed by atoms with Crippen LogP contribution in [0.3, 0.4) is 0 Å². The van der Waals surface area contributed by atoms with Gasteiger partial charge in [-0.2, -0.15) is 0 Å². The SMILES string of the molecule is Cc1cc(O)cc(NC(=O)C2(C)CC(F)(F)C2)c1. The molecule has 0 radical (unpaired) electrons. The molecule has 0 saturated heterocycles. The number of carbonyl (C=O) groups is 1. The third-order valence-corrected chi connectivity index (χ3v) is 3.17. The van der Waals surface area contributed by atoms with Crippen LogP contribution in [0.2, 0.25) is 0 Å². The molecule has 0 heterocycles. The van der Waals surface area contributed by atoms with Crippen LogP contribution in [0.4, 0.5) is 14.5 Å². The zero-order valence-corrected chi connectivity index (χ0v) is 10.3. The molecule has 18 heavy (non-hydrogen) atoms. The molecule has 1 aliphatic carbocycles. The summed E-state index contributed by atoms with van der Waals surface area (Å²) < 4.78 is 25.7. The summed E-state index contributed by atoms with van der Waals surface area (Å²) >= 11 is 0. The van der Waals surface area contributed by atoms with Crippen molar-refractivity contribution in [3.8, 4) is 5.75 Å². The second-order valence-corrected chi connectivity index (χ2v) is 5.28. The van der Waals surface area contributed by atoms with E-state index in [9.17, 15) is 18.7 Å². The lowest BCUT2D eigenvalue weighted by atomic mass is 9.67. The van der Waals surface area contributed by atoms with Crippen molar-refractivity contribution in [2.45, 2.75) is 32.6 Å². The Bertz CT molecular complexity index is 472. The molecule has 1 saturated carbocycles. The van der Waals surface area contributed by atoms with Gasteiger partial charge in [0.2, 0.25) is 11.8 Å². The largest absolute Gasteiger partial charge is 0.508 e. The fourth-order valence-electron chi connectivity index (χ4n) is 2.37. The fourth-order valence-corrected chi connectivity index (χ4v) is 2.37. The van der Waals surface area contributed by atoms with Crippen LogP contribution in [0.5, 0.6) is 5.75 Å². The molecule has 98 valence electrons. The fraction of sp³-hybridized carbons (Fsp3) is 0.462. The molecule has 1 fully saturated rings. The number of anilines is 1. The lowest BCUT2D eigenvalue weighted by Gasteiger charge is -2.43. The minimum Gasteiger partial charge on any atom is -0.508 e. The number of alkyl halides is 2. The van der Waals surface area contributed by atoms with E-state index in [2.05, 4.69) is 5.32 Å². The number of halogens is 2. The summed E-state index contributed by atoms with van der Waals surface area (Å²) in [5, 5.41) is 12.0. The van der Waals surface area contributed by atoms with Gasteiger partial charge in [-0.15, -0.1) is 0 Å². The van der Waals surface area contributed by atoms with Gasteiger partial charge in [0.1, 0.15) is 5.75 Å². The van der Waals surface area contributed by atoms with Crippen LogP contribution in [0, 0.1) is 12.3 Å². The van der Waals surface area contributed by atoms with Gasteiger partial charge >= 0.3 is 0 Å². The van der Waals surface area contributed by atoms with E-state index in [4.69, 9.17) is 0 Å². The number of phenolic OH excluding ortho intramolecular Hbond substituents is 1. The van der Waals surface area contributed by atoms with Crippen LogP contribution < -0.4 is 5.32 Å². The van der Waals surface area contributed by atoms with Crippen molar-refractivity contribution in [3.63, 3.8) is 0 Å². The number of phenols is 1. The van der Waals surface area contributed by atoms with E-state index in [1.807, 2.05) is 0 Å². The lowest BCUT2D eigenvalue weighted by molar-refractivity contribution is -0.170. The normalized spacial score (nSPS) is 20.0. The zero-order chi connectivity index (χ0) is 13.6. The molecule has 0 aromatic heterocycles. The Morgan fingerprint density at radius 2 is 1.94 bits per heavy atom. The molecule has 2 N–H and O–H groups in total. The summed E-state index contributed by atoms with van der Waals surface area (Å²) in [5.74, 6) is -3.13. The number of aromatic hydroxyl groups is 1. The van der Waals surface area contributed by atoms with E-state index >= 15 is 0 Å². The molecular weight excluding hydrogens is 240 g/mol. The van der Waals surface area contributed by atoms with E-state index < -0.39 is 30.1 Å². The van der Waals surface area contributed by atoms with Gasteiger partial charge in [0, 0.05) is 24.6 Å². The molecule has 1 aromatic carbocycles. The summed E-state index contributed by atoms with van der Waals surface area (Å²) in [4.78, 5) is 11.9. The molecule has 0 spiro atoms. The van der Waals surface area contributed by atoms with Gasteiger partial charge in [0.25, 0.3) is 0 Å². The molecule has 2 rings (SSSR count). The Labute approximate surface area is 104 Å². The van der Waals surface area contributed by atoms with Gasteiger partial charge in [-0.1, -0.05) is 6.92 Å². The van der Waals surface area contributed by atoms with Crippen LogP contribution in [-0.4, -0.2) is 16.9 Å². The summed E-state index contributed by atoms with van der Waals surface area (Å²) in [5.41, 5.74) is 0.186. The summed E-state index contributed by atoms with van der Waals surface area (Å²) in [6.07, 6.45) is -0.854. The lowest BCUT2D eigenvalue weighted by Crippen LogP contribution is -2.51. The highest BCUT2D eigenvalue weighted by Gasteiger charge is 2.57. The van der Waals surface area contributed by atoms with Crippen molar-refractivity contribution in [1.82, 2.24) is 0 Å². The number of amides is 1. The molecule has 0 bridgehead atoms. The standard InChI is InChI=1S/C13H15F2NO2/c1-8-3-9(5-10(17)4-8)16-11(18)12(2)6-13(14,15)7-12/h3-5,17H,6-7H2,1-2H3,(H,16,18). The number of hydrogen-bond acceptors (Lipinski definition) is 2. The van der Waals surface area contributed by atoms with E-state index in [-0.39, 0.29) is 5.75 Å². The predicted octanol–water partition coefficient (Wildman–Crippen LogP) is 3.07. The van der Waals surface area contributed by atoms with Crippen LogP contribution in [0.1, 0.15) is 25.3 Å². The smallest absolute Gasteiger partial charge is 0.250 e. The molecule has 3 nitrogen and oxygen atoms in total. The first-order valence-electron chi connectivity index (χ1n) is 5.70. The topological polar surface area (TPSA) is 49.3 Å². The van der Waals surface area contributed by atoms with Gasteiger partial charge in [0.05, 0.1) is 5.41 Å². The quantitative estimate of drug-likeness (QED) is 0.853.